The van der Waals surface area contributed by atoms with Crippen LogP contribution in [0.5, 0.6) is 0 Å². The average molecular weight is 303 g/mol. The molecule has 1 N–H and O–H groups in total. The minimum atomic E-state index is -0.145. The average Bonchev–Trinajstić information content (AvgIpc) is 2.84. The van der Waals surface area contributed by atoms with Gasteiger partial charge in [0, 0.05) is 12.5 Å². The van der Waals surface area contributed by atoms with Crippen LogP contribution in [0.4, 0.5) is 5.69 Å². The van der Waals surface area contributed by atoms with Gasteiger partial charge in [0.05, 0.1) is 20.9 Å². The van der Waals surface area contributed by atoms with Crippen molar-refractivity contribution in [3.05, 3.63) is 47.5 Å². The zero-order valence-electron chi connectivity index (χ0n) is 10.7. The summed E-state index contributed by atoms with van der Waals surface area (Å²) in [7, 11) is 0. The van der Waals surface area contributed by atoms with Gasteiger partial charge < -0.3 is 5.32 Å². The number of hydrogen-bond donors (Lipinski definition) is 1. The molecule has 0 spiro atoms. The number of rotatable bonds is 2. The molecule has 0 saturated heterocycles. The first-order chi connectivity index (χ1) is 9.63. The molecule has 0 atom stereocenters. The summed E-state index contributed by atoms with van der Waals surface area (Å²) in [5, 5.41) is 4.15. The van der Waals surface area contributed by atoms with E-state index in [0.29, 0.717) is 10.7 Å². The van der Waals surface area contributed by atoms with E-state index in [1.165, 1.54) is 6.92 Å². The molecule has 1 aromatic heterocycles. The summed E-state index contributed by atoms with van der Waals surface area (Å²) in [5.74, 6) is -0.145. The Morgan fingerprint density at radius 3 is 2.80 bits per heavy atom. The second kappa shape index (κ2) is 5.23. The summed E-state index contributed by atoms with van der Waals surface area (Å²) in [6, 6.07) is 13.5. The van der Waals surface area contributed by atoms with Crippen molar-refractivity contribution in [2.45, 2.75) is 6.92 Å². The Hall–Kier alpha value is -1.91. The molecule has 1 heterocycles. The highest BCUT2D eigenvalue weighted by molar-refractivity contribution is 7.21. The molecule has 100 valence electrons. The molecule has 0 aliphatic rings. The molecule has 3 aromatic rings. The zero-order valence-corrected chi connectivity index (χ0v) is 12.3. The second-order valence-corrected chi connectivity index (χ2v) is 5.80. The van der Waals surface area contributed by atoms with Crippen LogP contribution in [0.15, 0.2) is 42.5 Å². The molecule has 3 rings (SSSR count). The summed E-state index contributed by atoms with van der Waals surface area (Å²) in [6.07, 6.45) is 0. The lowest BCUT2D eigenvalue weighted by molar-refractivity contribution is -0.114. The summed E-state index contributed by atoms with van der Waals surface area (Å²) in [6.45, 7) is 1.46. The molecule has 3 nitrogen and oxygen atoms in total. The van der Waals surface area contributed by atoms with Gasteiger partial charge >= 0.3 is 0 Å². The van der Waals surface area contributed by atoms with Crippen molar-refractivity contribution in [2.24, 2.45) is 0 Å². The molecular weight excluding hydrogens is 292 g/mol. The van der Waals surface area contributed by atoms with Crippen molar-refractivity contribution in [1.82, 2.24) is 4.98 Å². The summed E-state index contributed by atoms with van der Waals surface area (Å²) in [5.41, 5.74) is 2.53. The minimum absolute atomic E-state index is 0.145. The van der Waals surface area contributed by atoms with Crippen LogP contribution >= 0.6 is 22.9 Å². The molecule has 0 saturated carbocycles. The van der Waals surface area contributed by atoms with Crippen LogP contribution in [0.3, 0.4) is 0 Å². The maximum atomic E-state index is 11.2. The Labute approximate surface area is 125 Å². The van der Waals surface area contributed by atoms with E-state index >= 15 is 0 Å². The number of aromatic nitrogens is 1. The Morgan fingerprint density at radius 1 is 1.25 bits per heavy atom. The molecule has 1 amide bonds. The second-order valence-electron chi connectivity index (χ2n) is 4.36. The molecule has 0 unspecified atom stereocenters. The standard InChI is InChI=1S/C15H11ClN2OS/c1-9(19)17-13-8-10(6-7-11(13)16)15-18-12-4-2-3-5-14(12)20-15/h2-8H,1H3,(H,17,19). The normalized spacial score (nSPS) is 10.7. The molecule has 0 radical (unpaired) electrons. The number of fused-ring (bicyclic) bond motifs is 1. The van der Waals surface area contributed by atoms with E-state index in [9.17, 15) is 4.79 Å². The van der Waals surface area contributed by atoms with E-state index < -0.39 is 0 Å². The van der Waals surface area contributed by atoms with Crippen LogP contribution in [0, 0.1) is 0 Å². The smallest absolute Gasteiger partial charge is 0.221 e. The molecule has 20 heavy (non-hydrogen) atoms. The van der Waals surface area contributed by atoms with Crippen LogP contribution in [0.25, 0.3) is 20.8 Å². The fourth-order valence-electron chi connectivity index (χ4n) is 1.94. The summed E-state index contributed by atoms with van der Waals surface area (Å²) < 4.78 is 1.14. The van der Waals surface area contributed by atoms with Crippen molar-refractivity contribution in [1.29, 1.82) is 0 Å². The van der Waals surface area contributed by atoms with Gasteiger partial charge in [-0.05, 0) is 24.3 Å². The van der Waals surface area contributed by atoms with Crippen molar-refractivity contribution in [3.63, 3.8) is 0 Å². The Kier molecular flexibility index (Phi) is 3.42. The first-order valence-electron chi connectivity index (χ1n) is 6.06. The van der Waals surface area contributed by atoms with E-state index in [1.807, 2.05) is 36.4 Å². The fraction of sp³-hybridized carbons (Fsp3) is 0.0667. The number of carbonyl (C=O) groups is 1. The lowest BCUT2D eigenvalue weighted by Gasteiger charge is -2.06. The Balaban J connectivity index is 2.07. The molecule has 2 aromatic carbocycles. The highest BCUT2D eigenvalue weighted by Gasteiger charge is 2.09. The molecule has 0 aliphatic carbocycles. The number of para-hydroxylation sites is 1. The van der Waals surface area contributed by atoms with E-state index in [4.69, 9.17) is 11.6 Å². The van der Waals surface area contributed by atoms with Gasteiger partial charge in [0.25, 0.3) is 0 Å². The largest absolute Gasteiger partial charge is 0.325 e. The zero-order chi connectivity index (χ0) is 14.1. The number of hydrogen-bond acceptors (Lipinski definition) is 3. The predicted molar refractivity (Wildman–Crippen MR) is 84.4 cm³/mol. The van der Waals surface area contributed by atoms with E-state index in [2.05, 4.69) is 10.3 Å². The molecule has 0 bridgehead atoms. The predicted octanol–water partition coefficient (Wildman–Crippen LogP) is 4.58. The van der Waals surface area contributed by atoms with Gasteiger partial charge in [-0.25, -0.2) is 4.98 Å². The van der Waals surface area contributed by atoms with Crippen molar-refractivity contribution >= 4 is 44.7 Å². The number of nitrogens with zero attached hydrogens (tertiary/aromatic N) is 1. The van der Waals surface area contributed by atoms with Gasteiger partial charge in [-0.2, -0.15) is 0 Å². The third kappa shape index (κ3) is 2.53. The first-order valence-corrected chi connectivity index (χ1v) is 7.26. The van der Waals surface area contributed by atoms with Crippen LogP contribution in [-0.2, 0) is 4.79 Å². The van der Waals surface area contributed by atoms with Gasteiger partial charge in [0.2, 0.25) is 5.91 Å². The number of halogens is 1. The quantitative estimate of drug-likeness (QED) is 0.753. The van der Waals surface area contributed by atoms with E-state index in [-0.39, 0.29) is 5.91 Å². The molecule has 0 fully saturated rings. The summed E-state index contributed by atoms with van der Waals surface area (Å²) >= 11 is 7.69. The Morgan fingerprint density at radius 2 is 2.05 bits per heavy atom. The van der Waals surface area contributed by atoms with Gasteiger partial charge in [-0.15, -0.1) is 11.3 Å². The third-order valence-electron chi connectivity index (χ3n) is 2.82. The number of carbonyl (C=O) groups excluding carboxylic acids is 1. The maximum Gasteiger partial charge on any atom is 0.221 e. The first kappa shape index (κ1) is 13.1. The van der Waals surface area contributed by atoms with Crippen molar-refractivity contribution in [3.8, 4) is 10.6 Å². The molecule has 0 aliphatic heterocycles. The Bertz CT molecular complexity index is 764. The number of thiazole rings is 1. The lowest BCUT2D eigenvalue weighted by Crippen LogP contribution is -2.06. The lowest BCUT2D eigenvalue weighted by atomic mass is 10.2. The van der Waals surface area contributed by atoms with Crippen molar-refractivity contribution < 1.29 is 4.79 Å². The number of amides is 1. The maximum absolute atomic E-state index is 11.2. The van der Waals surface area contributed by atoms with Gasteiger partial charge in [-0.3, -0.25) is 4.79 Å². The van der Waals surface area contributed by atoms with Crippen LogP contribution in [-0.4, -0.2) is 10.9 Å². The van der Waals surface area contributed by atoms with Crippen molar-refractivity contribution in [2.75, 3.05) is 5.32 Å². The van der Waals surface area contributed by atoms with E-state index in [1.54, 1.807) is 17.4 Å². The van der Waals surface area contributed by atoms with Crippen LogP contribution < -0.4 is 5.32 Å². The monoisotopic (exact) mass is 302 g/mol. The number of nitrogens with one attached hydrogen (secondary N) is 1. The number of anilines is 1. The van der Waals surface area contributed by atoms with Gasteiger partial charge in [-0.1, -0.05) is 29.8 Å². The third-order valence-corrected chi connectivity index (χ3v) is 4.23. The fourth-order valence-corrected chi connectivity index (χ4v) is 3.07. The molecule has 5 heteroatoms. The van der Waals surface area contributed by atoms with Crippen LogP contribution in [0.2, 0.25) is 5.02 Å². The van der Waals surface area contributed by atoms with Crippen LogP contribution in [0.1, 0.15) is 6.92 Å². The van der Waals surface area contributed by atoms with Gasteiger partial charge in [0.1, 0.15) is 5.01 Å². The SMILES string of the molecule is CC(=O)Nc1cc(-c2nc3ccccc3s2)ccc1Cl. The number of benzene rings is 2. The summed E-state index contributed by atoms with van der Waals surface area (Å²) in [4.78, 5) is 15.8. The minimum Gasteiger partial charge on any atom is -0.325 e. The highest BCUT2D eigenvalue weighted by Crippen LogP contribution is 2.33. The van der Waals surface area contributed by atoms with Gasteiger partial charge in [0.15, 0.2) is 0 Å². The highest BCUT2D eigenvalue weighted by atomic mass is 35.5. The van der Waals surface area contributed by atoms with E-state index in [0.717, 1.165) is 20.8 Å². The molecular formula is C15H11ClN2OS. The topological polar surface area (TPSA) is 42.0 Å².